The molecule has 0 spiro atoms. The summed E-state index contributed by atoms with van der Waals surface area (Å²) in [7, 11) is 1.67. The quantitative estimate of drug-likeness (QED) is 0.405. The van der Waals surface area contributed by atoms with E-state index in [9.17, 15) is 0 Å². The number of hydrogen-bond donors (Lipinski definition) is 0. The van der Waals surface area contributed by atoms with Gasteiger partial charge in [-0.2, -0.15) is 0 Å². The first-order valence-corrected chi connectivity index (χ1v) is 10.7. The average molecular weight is 409 g/mol. The summed E-state index contributed by atoms with van der Waals surface area (Å²) >= 11 is 3.31. The molecule has 0 bridgehead atoms. The molecular formula is C21H20N4OS2. The van der Waals surface area contributed by atoms with Crippen molar-refractivity contribution in [1.82, 2.24) is 19.7 Å². The van der Waals surface area contributed by atoms with Crippen molar-refractivity contribution in [1.29, 1.82) is 0 Å². The van der Waals surface area contributed by atoms with Crippen molar-refractivity contribution in [2.24, 2.45) is 0 Å². The highest BCUT2D eigenvalue weighted by Gasteiger charge is 2.17. The summed E-state index contributed by atoms with van der Waals surface area (Å²) in [6.45, 7) is 4.11. The van der Waals surface area contributed by atoms with E-state index in [0.29, 0.717) is 0 Å². The van der Waals surface area contributed by atoms with Gasteiger partial charge in [0.15, 0.2) is 11.0 Å². The Morgan fingerprint density at radius 3 is 2.39 bits per heavy atom. The van der Waals surface area contributed by atoms with E-state index in [1.54, 1.807) is 30.2 Å². The maximum Gasteiger partial charge on any atom is 0.196 e. The average Bonchev–Trinajstić information content (AvgIpc) is 3.33. The van der Waals surface area contributed by atoms with Crippen molar-refractivity contribution in [2.45, 2.75) is 24.8 Å². The van der Waals surface area contributed by atoms with Crippen LogP contribution < -0.4 is 4.74 Å². The molecule has 0 saturated heterocycles. The molecule has 7 heteroatoms. The van der Waals surface area contributed by atoms with Crippen molar-refractivity contribution in [3.63, 3.8) is 0 Å². The predicted octanol–water partition coefficient (Wildman–Crippen LogP) is 5.31. The Kier molecular flexibility index (Phi) is 5.45. The van der Waals surface area contributed by atoms with Crippen molar-refractivity contribution >= 4 is 23.1 Å². The third kappa shape index (κ3) is 3.95. The van der Waals surface area contributed by atoms with Crippen LogP contribution in [0.1, 0.15) is 16.3 Å². The first-order chi connectivity index (χ1) is 13.6. The fraction of sp³-hybridized carbons (Fsp3) is 0.190. The molecule has 142 valence electrons. The van der Waals surface area contributed by atoms with Crippen LogP contribution >= 0.6 is 23.1 Å². The molecule has 28 heavy (non-hydrogen) atoms. The van der Waals surface area contributed by atoms with Crippen LogP contribution in [0.15, 0.2) is 59.1 Å². The van der Waals surface area contributed by atoms with Crippen LogP contribution in [0.4, 0.5) is 0 Å². The standard InChI is InChI=1S/C21H20N4OS2/c1-14-4-8-18(9-5-14)25-20(16-6-10-19(26-3)11-7-16)23-24-21(25)28-13-17-12-27-15(2)22-17/h4-12H,13H2,1-3H3. The summed E-state index contributed by atoms with van der Waals surface area (Å²) in [4.78, 5) is 4.55. The highest BCUT2D eigenvalue weighted by Crippen LogP contribution is 2.30. The number of ether oxygens (including phenoxy) is 1. The second kappa shape index (κ2) is 8.16. The fourth-order valence-corrected chi connectivity index (χ4v) is 4.39. The number of methoxy groups -OCH3 is 1. The molecule has 0 aliphatic carbocycles. The molecule has 0 amide bonds. The van der Waals surface area contributed by atoms with Crippen LogP contribution in [0.3, 0.4) is 0 Å². The van der Waals surface area contributed by atoms with E-state index in [1.165, 1.54) is 5.56 Å². The number of thioether (sulfide) groups is 1. The zero-order valence-corrected chi connectivity index (χ0v) is 17.5. The number of rotatable bonds is 6. The Morgan fingerprint density at radius 1 is 1.00 bits per heavy atom. The highest BCUT2D eigenvalue weighted by atomic mass is 32.2. The van der Waals surface area contributed by atoms with Gasteiger partial charge in [0, 0.05) is 22.4 Å². The van der Waals surface area contributed by atoms with Crippen molar-refractivity contribution in [3.8, 4) is 22.8 Å². The maximum absolute atomic E-state index is 5.27. The van der Waals surface area contributed by atoms with E-state index in [2.05, 4.69) is 56.3 Å². The second-order valence-corrected chi connectivity index (χ2v) is 8.36. The van der Waals surface area contributed by atoms with Gasteiger partial charge < -0.3 is 4.74 Å². The summed E-state index contributed by atoms with van der Waals surface area (Å²) in [5.74, 6) is 2.39. The number of aromatic nitrogens is 4. The molecule has 0 atom stereocenters. The molecule has 4 rings (SSSR count). The molecule has 4 aromatic rings. The topological polar surface area (TPSA) is 52.8 Å². The summed E-state index contributed by atoms with van der Waals surface area (Å²) in [6.07, 6.45) is 0. The Morgan fingerprint density at radius 2 is 1.75 bits per heavy atom. The number of nitrogens with zero attached hydrogens (tertiary/aromatic N) is 4. The Balaban J connectivity index is 1.72. The van der Waals surface area contributed by atoms with Crippen LogP contribution in [0.25, 0.3) is 17.1 Å². The van der Waals surface area contributed by atoms with E-state index >= 15 is 0 Å². The van der Waals surface area contributed by atoms with E-state index < -0.39 is 0 Å². The van der Waals surface area contributed by atoms with E-state index in [-0.39, 0.29) is 0 Å². The molecule has 0 saturated carbocycles. The van der Waals surface area contributed by atoms with Gasteiger partial charge in [-0.3, -0.25) is 4.57 Å². The monoisotopic (exact) mass is 408 g/mol. The molecule has 5 nitrogen and oxygen atoms in total. The van der Waals surface area contributed by atoms with Gasteiger partial charge in [0.1, 0.15) is 5.75 Å². The minimum atomic E-state index is 0.761. The summed E-state index contributed by atoms with van der Waals surface area (Å²) < 4.78 is 7.38. The van der Waals surface area contributed by atoms with Gasteiger partial charge in [0.25, 0.3) is 0 Å². The smallest absolute Gasteiger partial charge is 0.196 e. The van der Waals surface area contributed by atoms with Crippen molar-refractivity contribution in [3.05, 3.63) is 70.2 Å². The number of hydrogen-bond acceptors (Lipinski definition) is 6. The van der Waals surface area contributed by atoms with E-state index in [1.807, 2.05) is 31.2 Å². The minimum Gasteiger partial charge on any atom is -0.497 e. The molecule has 0 N–H and O–H groups in total. The second-order valence-electron chi connectivity index (χ2n) is 6.35. The zero-order valence-electron chi connectivity index (χ0n) is 15.9. The molecular weight excluding hydrogens is 388 g/mol. The summed E-state index contributed by atoms with van der Waals surface area (Å²) in [5, 5.41) is 13.0. The minimum absolute atomic E-state index is 0.761. The third-order valence-electron chi connectivity index (χ3n) is 4.29. The molecule has 2 heterocycles. The van der Waals surface area contributed by atoms with Gasteiger partial charge in [-0.1, -0.05) is 29.5 Å². The van der Waals surface area contributed by atoms with Gasteiger partial charge in [-0.15, -0.1) is 21.5 Å². The van der Waals surface area contributed by atoms with Crippen LogP contribution in [0.5, 0.6) is 5.75 Å². The molecule has 0 fully saturated rings. The van der Waals surface area contributed by atoms with Crippen LogP contribution in [0.2, 0.25) is 0 Å². The van der Waals surface area contributed by atoms with Gasteiger partial charge in [-0.05, 0) is 50.2 Å². The van der Waals surface area contributed by atoms with Crippen molar-refractivity contribution in [2.75, 3.05) is 7.11 Å². The van der Waals surface area contributed by atoms with E-state index in [4.69, 9.17) is 4.74 Å². The lowest BCUT2D eigenvalue weighted by molar-refractivity contribution is 0.415. The summed E-state index contributed by atoms with van der Waals surface area (Å²) in [6, 6.07) is 16.3. The first-order valence-electron chi connectivity index (χ1n) is 8.85. The molecule has 0 aliphatic heterocycles. The number of aryl methyl sites for hydroxylation is 2. The van der Waals surface area contributed by atoms with Crippen LogP contribution in [-0.2, 0) is 5.75 Å². The largest absolute Gasteiger partial charge is 0.497 e. The number of thiazole rings is 1. The van der Waals surface area contributed by atoms with E-state index in [0.717, 1.165) is 44.4 Å². The van der Waals surface area contributed by atoms with Crippen LogP contribution in [-0.4, -0.2) is 26.9 Å². The van der Waals surface area contributed by atoms with Crippen molar-refractivity contribution < 1.29 is 4.74 Å². The predicted molar refractivity (Wildman–Crippen MR) is 114 cm³/mol. The molecule has 0 aliphatic rings. The lowest BCUT2D eigenvalue weighted by Crippen LogP contribution is -2.00. The Bertz CT molecular complexity index is 1070. The molecule has 0 unspecified atom stereocenters. The van der Waals surface area contributed by atoms with Gasteiger partial charge in [0.2, 0.25) is 0 Å². The lowest BCUT2D eigenvalue weighted by Gasteiger charge is -2.11. The third-order valence-corrected chi connectivity index (χ3v) is 6.07. The molecule has 2 aromatic heterocycles. The van der Waals surface area contributed by atoms with Gasteiger partial charge >= 0.3 is 0 Å². The highest BCUT2D eigenvalue weighted by molar-refractivity contribution is 7.98. The Hall–Kier alpha value is -2.64. The fourth-order valence-electron chi connectivity index (χ4n) is 2.83. The zero-order chi connectivity index (χ0) is 19.5. The molecule has 2 aromatic carbocycles. The number of benzene rings is 2. The van der Waals surface area contributed by atoms with Gasteiger partial charge in [0.05, 0.1) is 17.8 Å². The molecule has 0 radical (unpaired) electrons. The SMILES string of the molecule is COc1ccc(-c2nnc(SCc3csc(C)n3)n2-c2ccc(C)cc2)cc1. The lowest BCUT2D eigenvalue weighted by atomic mass is 10.2. The van der Waals surface area contributed by atoms with Crippen LogP contribution in [0, 0.1) is 13.8 Å². The summed E-state index contributed by atoms with van der Waals surface area (Å²) in [5.41, 5.74) is 4.32. The maximum atomic E-state index is 5.27. The first kappa shape index (κ1) is 18.7. The van der Waals surface area contributed by atoms with Gasteiger partial charge in [-0.25, -0.2) is 4.98 Å². The normalized spacial score (nSPS) is 11.0. The Labute approximate surface area is 172 Å².